The highest BCUT2D eigenvalue weighted by atomic mass is 32.2. The molecule has 10 heteroatoms. The molecule has 0 aliphatic rings. The minimum Gasteiger partial charge on any atom is -0.497 e. The average Bonchev–Trinajstić information content (AvgIpc) is 2.89. The van der Waals surface area contributed by atoms with Crippen LogP contribution in [0.2, 0.25) is 0 Å². The molecule has 1 N–H and O–H groups in total. The molecule has 0 radical (unpaired) electrons. The molecular weight excluding hydrogens is 533 g/mol. The number of anilines is 1. The van der Waals surface area contributed by atoms with E-state index in [1.807, 2.05) is 51.1 Å². The second kappa shape index (κ2) is 13.0. The minimum atomic E-state index is -3.93. The van der Waals surface area contributed by atoms with E-state index in [0.717, 1.165) is 28.3 Å². The Hall–Kier alpha value is -3.92. The number of carbonyl (C=O) groups excluding carboxylic acids is 2. The number of sulfonamides is 1. The molecule has 8 nitrogen and oxygen atoms in total. The molecular formula is C30H36FN3O5S. The summed E-state index contributed by atoms with van der Waals surface area (Å²) in [5, 5.41) is 2.97. The van der Waals surface area contributed by atoms with Gasteiger partial charge in [-0.05, 0) is 68.3 Å². The number of amides is 2. The van der Waals surface area contributed by atoms with E-state index >= 15 is 0 Å². The van der Waals surface area contributed by atoms with Crippen molar-refractivity contribution < 1.29 is 27.1 Å². The molecule has 0 fully saturated rings. The first kappa shape index (κ1) is 30.6. The second-order valence-corrected chi connectivity index (χ2v) is 12.5. The van der Waals surface area contributed by atoms with Crippen LogP contribution in [0.15, 0.2) is 78.9 Å². The topological polar surface area (TPSA) is 96.0 Å². The lowest BCUT2D eigenvalue weighted by Gasteiger charge is -2.35. The minimum absolute atomic E-state index is 0.0200. The molecule has 0 unspecified atom stereocenters. The van der Waals surface area contributed by atoms with Crippen molar-refractivity contribution >= 4 is 27.5 Å². The number of methoxy groups -OCH3 is 1. The fourth-order valence-corrected chi connectivity index (χ4v) is 5.05. The monoisotopic (exact) mass is 569 g/mol. The zero-order chi connectivity index (χ0) is 29.5. The molecule has 0 bridgehead atoms. The largest absolute Gasteiger partial charge is 0.497 e. The highest BCUT2D eigenvalue weighted by molar-refractivity contribution is 7.92. The number of ether oxygens (including phenoxy) is 1. The predicted molar refractivity (Wildman–Crippen MR) is 154 cm³/mol. The first-order chi connectivity index (χ1) is 18.8. The van der Waals surface area contributed by atoms with Gasteiger partial charge < -0.3 is 15.0 Å². The van der Waals surface area contributed by atoms with Gasteiger partial charge in [0.1, 0.15) is 24.2 Å². The standard InChI is InChI=1S/C30H36FN3O5S/c1-30(2,3)32-29(36)27(19-22-10-7-6-8-11-22)33(20-23-12-9-13-26(18-23)39-4)28(35)21-34(40(5,37)38)25-16-14-24(31)15-17-25/h6-18,27H,19-21H2,1-5H3,(H,32,36)/t27-/m1/s1. The summed E-state index contributed by atoms with van der Waals surface area (Å²) in [5.74, 6) is -0.930. The Kier molecular flexibility index (Phi) is 9.92. The van der Waals surface area contributed by atoms with Gasteiger partial charge >= 0.3 is 0 Å². The van der Waals surface area contributed by atoms with Gasteiger partial charge in [-0.1, -0.05) is 42.5 Å². The highest BCUT2D eigenvalue weighted by Gasteiger charge is 2.34. The van der Waals surface area contributed by atoms with Crippen molar-refractivity contribution in [2.24, 2.45) is 0 Å². The third kappa shape index (κ3) is 8.81. The Morgan fingerprint density at radius 1 is 0.950 bits per heavy atom. The van der Waals surface area contributed by atoms with Gasteiger partial charge in [-0.15, -0.1) is 0 Å². The summed E-state index contributed by atoms with van der Waals surface area (Å²) in [7, 11) is -2.40. The van der Waals surface area contributed by atoms with Crippen LogP contribution >= 0.6 is 0 Å². The van der Waals surface area contributed by atoms with E-state index in [0.29, 0.717) is 11.3 Å². The zero-order valence-electron chi connectivity index (χ0n) is 23.4. The van der Waals surface area contributed by atoms with E-state index in [-0.39, 0.29) is 24.6 Å². The maximum absolute atomic E-state index is 14.0. The van der Waals surface area contributed by atoms with Gasteiger partial charge in [0.25, 0.3) is 0 Å². The van der Waals surface area contributed by atoms with Crippen molar-refractivity contribution in [3.8, 4) is 5.75 Å². The van der Waals surface area contributed by atoms with Crippen LogP contribution in [-0.2, 0) is 32.6 Å². The number of rotatable bonds is 11. The zero-order valence-corrected chi connectivity index (χ0v) is 24.2. The van der Waals surface area contributed by atoms with Gasteiger partial charge in [-0.3, -0.25) is 13.9 Å². The van der Waals surface area contributed by atoms with E-state index in [1.165, 1.54) is 24.1 Å². The van der Waals surface area contributed by atoms with Crippen LogP contribution in [0.3, 0.4) is 0 Å². The molecule has 0 saturated carbocycles. The molecule has 0 saturated heterocycles. The predicted octanol–water partition coefficient (Wildman–Crippen LogP) is 4.16. The molecule has 0 aliphatic carbocycles. The normalized spacial score (nSPS) is 12.3. The van der Waals surface area contributed by atoms with E-state index in [1.54, 1.807) is 24.3 Å². The molecule has 3 aromatic carbocycles. The van der Waals surface area contributed by atoms with E-state index in [9.17, 15) is 22.4 Å². The summed E-state index contributed by atoms with van der Waals surface area (Å²) in [4.78, 5) is 29.1. The fourth-order valence-electron chi connectivity index (χ4n) is 4.20. The van der Waals surface area contributed by atoms with Crippen LogP contribution in [0, 0.1) is 5.82 Å². The van der Waals surface area contributed by atoms with Gasteiger partial charge in [0.15, 0.2) is 0 Å². The molecule has 0 aromatic heterocycles. The van der Waals surface area contributed by atoms with Crippen LogP contribution in [0.25, 0.3) is 0 Å². The second-order valence-electron chi connectivity index (χ2n) is 10.6. The van der Waals surface area contributed by atoms with Crippen LogP contribution in [0.1, 0.15) is 31.9 Å². The molecule has 0 spiro atoms. The van der Waals surface area contributed by atoms with Crippen LogP contribution in [0.5, 0.6) is 5.75 Å². The summed E-state index contributed by atoms with van der Waals surface area (Å²) < 4.78 is 45.4. The number of hydrogen-bond donors (Lipinski definition) is 1. The van der Waals surface area contributed by atoms with Crippen LogP contribution in [-0.4, -0.2) is 56.6 Å². The van der Waals surface area contributed by atoms with E-state index in [4.69, 9.17) is 4.74 Å². The first-order valence-corrected chi connectivity index (χ1v) is 14.6. The molecule has 0 aliphatic heterocycles. The van der Waals surface area contributed by atoms with E-state index < -0.39 is 39.9 Å². The van der Waals surface area contributed by atoms with Crippen molar-refractivity contribution in [1.82, 2.24) is 10.2 Å². The van der Waals surface area contributed by atoms with Crippen molar-refractivity contribution in [2.45, 2.75) is 45.3 Å². The SMILES string of the molecule is COc1cccc(CN(C(=O)CN(c2ccc(F)cc2)S(C)(=O)=O)[C@H](Cc2ccccc2)C(=O)NC(C)(C)C)c1. The lowest BCUT2D eigenvalue weighted by Crippen LogP contribution is -2.56. The quantitative estimate of drug-likeness (QED) is 0.374. The van der Waals surface area contributed by atoms with E-state index in [2.05, 4.69) is 5.32 Å². The Morgan fingerprint density at radius 2 is 1.57 bits per heavy atom. The fraction of sp³-hybridized carbons (Fsp3) is 0.333. The number of carbonyl (C=O) groups is 2. The average molecular weight is 570 g/mol. The maximum Gasteiger partial charge on any atom is 0.244 e. The number of halogens is 1. The summed E-state index contributed by atoms with van der Waals surface area (Å²) in [6, 6.07) is 20.3. The Labute approximate surface area is 235 Å². The summed E-state index contributed by atoms with van der Waals surface area (Å²) >= 11 is 0. The molecule has 2 amide bonds. The lowest BCUT2D eigenvalue weighted by molar-refractivity contribution is -0.140. The van der Waals surface area contributed by atoms with Gasteiger partial charge in [0.2, 0.25) is 21.8 Å². The van der Waals surface area contributed by atoms with Gasteiger partial charge in [-0.25, -0.2) is 12.8 Å². The number of nitrogens with zero attached hydrogens (tertiary/aromatic N) is 2. The van der Waals surface area contributed by atoms with Crippen molar-refractivity contribution in [3.05, 3.63) is 95.8 Å². The van der Waals surface area contributed by atoms with Crippen molar-refractivity contribution in [3.63, 3.8) is 0 Å². The van der Waals surface area contributed by atoms with Crippen LogP contribution in [0.4, 0.5) is 10.1 Å². The Balaban J connectivity index is 2.08. The summed E-state index contributed by atoms with van der Waals surface area (Å²) in [5.41, 5.74) is 1.08. The third-order valence-corrected chi connectivity index (χ3v) is 7.19. The molecule has 1 atom stereocenters. The van der Waals surface area contributed by atoms with Gasteiger partial charge in [0.05, 0.1) is 19.1 Å². The number of benzene rings is 3. The van der Waals surface area contributed by atoms with Crippen molar-refractivity contribution in [1.29, 1.82) is 0 Å². The lowest BCUT2D eigenvalue weighted by atomic mass is 10.0. The van der Waals surface area contributed by atoms with Gasteiger partial charge in [-0.2, -0.15) is 0 Å². The smallest absolute Gasteiger partial charge is 0.244 e. The molecule has 3 aromatic rings. The Bertz CT molecular complexity index is 1410. The summed E-state index contributed by atoms with van der Waals surface area (Å²) in [6.07, 6.45) is 1.18. The number of hydrogen-bond acceptors (Lipinski definition) is 5. The first-order valence-electron chi connectivity index (χ1n) is 12.8. The van der Waals surface area contributed by atoms with Gasteiger partial charge in [0, 0.05) is 18.5 Å². The molecule has 0 heterocycles. The van der Waals surface area contributed by atoms with Crippen LogP contribution < -0.4 is 14.4 Å². The molecule has 214 valence electrons. The molecule has 3 rings (SSSR count). The Morgan fingerprint density at radius 3 is 2.15 bits per heavy atom. The maximum atomic E-state index is 14.0. The number of nitrogens with one attached hydrogen (secondary N) is 1. The highest BCUT2D eigenvalue weighted by Crippen LogP contribution is 2.22. The third-order valence-electron chi connectivity index (χ3n) is 6.05. The summed E-state index contributed by atoms with van der Waals surface area (Å²) in [6.45, 7) is 4.98. The van der Waals surface area contributed by atoms with Crippen molar-refractivity contribution in [2.75, 3.05) is 24.2 Å². The molecule has 40 heavy (non-hydrogen) atoms.